The molecule has 0 spiro atoms. The Morgan fingerprint density at radius 3 is 2.88 bits per heavy atom. The minimum absolute atomic E-state index is 0.684. The van der Waals surface area contributed by atoms with E-state index in [0.717, 1.165) is 29.7 Å². The van der Waals surface area contributed by atoms with E-state index in [1.807, 2.05) is 18.2 Å². The van der Waals surface area contributed by atoms with Gasteiger partial charge in [-0.1, -0.05) is 41.1 Å². The summed E-state index contributed by atoms with van der Waals surface area (Å²) < 4.78 is 3.84. The van der Waals surface area contributed by atoms with E-state index >= 15 is 0 Å². The normalized spacial score (nSPS) is 10.7. The van der Waals surface area contributed by atoms with Gasteiger partial charge in [0.15, 0.2) is 4.77 Å². The molecule has 0 aliphatic rings. The minimum atomic E-state index is 0.684. The van der Waals surface area contributed by atoms with Crippen molar-refractivity contribution < 1.29 is 0 Å². The van der Waals surface area contributed by atoms with Gasteiger partial charge in [0.25, 0.3) is 0 Å². The van der Waals surface area contributed by atoms with Crippen LogP contribution in [0.5, 0.6) is 0 Å². The molecule has 0 unspecified atom stereocenters. The van der Waals surface area contributed by atoms with Crippen molar-refractivity contribution >= 4 is 28.1 Å². The molecule has 2 aromatic rings. The summed E-state index contributed by atoms with van der Waals surface area (Å²) in [5, 5.41) is 7.12. The molecule has 5 heteroatoms. The molecule has 1 heterocycles. The summed E-state index contributed by atoms with van der Waals surface area (Å²) in [6.45, 7) is 2.90. The molecule has 0 fully saturated rings. The first-order valence-electron chi connectivity index (χ1n) is 5.60. The van der Waals surface area contributed by atoms with Gasteiger partial charge in [-0.3, -0.25) is 9.67 Å². The van der Waals surface area contributed by atoms with Crippen LogP contribution in [0.15, 0.2) is 28.7 Å². The average molecular weight is 312 g/mol. The SMILES string of the molecule is CCCc1n[nH]c(=S)n1Cc1ccccc1Br. The van der Waals surface area contributed by atoms with Crippen LogP contribution < -0.4 is 0 Å². The molecule has 0 aliphatic heterocycles. The molecular formula is C12H14BrN3S. The molecule has 0 bridgehead atoms. The van der Waals surface area contributed by atoms with Crippen LogP contribution in [0.3, 0.4) is 0 Å². The topological polar surface area (TPSA) is 33.6 Å². The average Bonchev–Trinajstić information content (AvgIpc) is 2.65. The molecule has 0 amide bonds. The van der Waals surface area contributed by atoms with Gasteiger partial charge in [0.1, 0.15) is 5.82 Å². The molecule has 1 N–H and O–H groups in total. The van der Waals surface area contributed by atoms with E-state index in [1.54, 1.807) is 0 Å². The Labute approximate surface area is 114 Å². The van der Waals surface area contributed by atoms with Gasteiger partial charge in [0, 0.05) is 10.9 Å². The van der Waals surface area contributed by atoms with E-state index in [0.29, 0.717) is 4.77 Å². The van der Waals surface area contributed by atoms with Crippen molar-refractivity contribution in [2.24, 2.45) is 0 Å². The van der Waals surface area contributed by atoms with Crippen LogP contribution in [0.2, 0.25) is 0 Å². The molecule has 1 aromatic heterocycles. The van der Waals surface area contributed by atoms with Crippen molar-refractivity contribution in [2.75, 3.05) is 0 Å². The van der Waals surface area contributed by atoms with Gasteiger partial charge in [-0.15, -0.1) is 0 Å². The minimum Gasteiger partial charge on any atom is -0.300 e. The first-order valence-corrected chi connectivity index (χ1v) is 6.80. The summed E-state index contributed by atoms with van der Waals surface area (Å²) in [5.74, 6) is 1.02. The highest BCUT2D eigenvalue weighted by molar-refractivity contribution is 9.10. The summed E-state index contributed by atoms with van der Waals surface area (Å²) in [4.78, 5) is 0. The summed E-state index contributed by atoms with van der Waals surface area (Å²) in [6, 6.07) is 8.17. The first kappa shape index (κ1) is 12.5. The number of aromatic nitrogens is 3. The Balaban J connectivity index is 2.33. The molecule has 0 atom stereocenters. The van der Waals surface area contributed by atoms with E-state index in [9.17, 15) is 0 Å². The number of benzene rings is 1. The number of aromatic amines is 1. The van der Waals surface area contributed by atoms with E-state index in [2.05, 4.69) is 43.7 Å². The van der Waals surface area contributed by atoms with Gasteiger partial charge >= 0.3 is 0 Å². The highest BCUT2D eigenvalue weighted by Crippen LogP contribution is 2.18. The Kier molecular flexibility index (Phi) is 4.12. The Morgan fingerprint density at radius 2 is 2.18 bits per heavy atom. The largest absolute Gasteiger partial charge is 0.300 e. The number of aryl methyl sites for hydroxylation is 1. The van der Waals surface area contributed by atoms with E-state index in [4.69, 9.17) is 12.2 Å². The van der Waals surface area contributed by atoms with Crippen LogP contribution in [0.1, 0.15) is 24.7 Å². The van der Waals surface area contributed by atoms with Gasteiger partial charge in [-0.25, -0.2) is 0 Å². The number of H-pyrrole nitrogens is 1. The number of hydrogen-bond donors (Lipinski definition) is 1. The molecule has 0 aliphatic carbocycles. The third-order valence-corrected chi connectivity index (χ3v) is 3.68. The maximum absolute atomic E-state index is 5.26. The van der Waals surface area contributed by atoms with Crippen molar-refractivity contribution in [2.45, 2.75) is 26.3 Å². The summed E-state index contributed by atoms with van der Waals surface area (Å²) >= 11 is 8.81. The molecule has 0 radical (unpaired) electrons. The fourth-order valence-corrected chi connectivity index (χ4v) is 2.35. The lowest BCUT2D eigenvalue weighted by atomic mass is 10.2. The van der Waals surface area contributed by atoms with E-state index in [1.165, 1.54) is 5.56 Å². The Hall–Kier alpha value is -0.940. The molecule has 17 heavy (non-hydrogen) atoms. The van der Waals surface area contributed by atoms with Crippen molar-refractivity contribution in [3.8, 4) is 0 Å². The molecule has 2 rings (SSSR count). The summed E-state index contributed by atoms with van der Waals surface area (Å²) in [6.07, 6.45) is 2.01. The lowest BCUT2D eigenvalue weighted by molar-refractivity contribution is 0.697. The second kappa shape index (κ2) is 5.60. The van der Waals surface area contributed by atoms with Crippen LogP contribution in [-0.2, 0) is 13.0 Å². The molecule has 1 aromatic carbocycles. The zero-order valence-electron chi connectivity index (χ0n) is 9.61. The third kappa shape index (κ3) is 2.84. The summed E-state index contributed by atoms with van der Waals surface area (Å²) in [7, 11) is 0. The van der Waals surface area contributed by atoms with Crippen molar-refractivity contribution in [1.29, 1.82) is 0 Å². The monoisotopic (exact) mass is 311 g/mol. The quantitative estimate of drug-likeness (QED) is 0.873. The number of nitrogens with one attached hydrogen (secondary N) is 1. The summed E-state index contributed by atoms with van der Waals surface area (Å²) in [5.41, 5.74) is 1.21. The predicted octanol–water partition coefficient (Wildman–Crippen LogP) is 3.70. The second-order valence-corrected chi connectivity index (χ2v) is 5.11. The zero-order valence-corrected chi connectivity index (χ0v) is 12.0. The van der Waals surface area contributed by atoms with Gasteiger partial charge in [0.2, 0.25) is 0 Å². The van der Waals surface area contributed by atoms with E-state index < -0.39 is 0 Å². The maximum Gasteiger partial charge on any atom is 0.195 e. The van der Waals surface area contributed by atoms with Crippen molar-refractivity contribution in [3.05, 3.63) is 44.9 Å². The highest BCUT2D eigenvalue weighted by Gasteiger charge is 2.07. The fourth-order valence-electron chi connectivity index (χ4n) is 1.72. The molecular weight excluding hydrogens is 298 g/mol. The Morgan fingerprint density at radius 1 is 1.41 bits per heavy atom. The van der Waals surface area contributed by atoms with Crippen LogP contribution >= 0.6 is 28.1 Å². The lowest BCUT2D eigenvalue weighted by Crippen LogP contribution is -2.05. The first-order chi connectivity index (χ1) is 8.22. The van der Waals surface area contributed by atoms with Crippen LogP contribution in [-0.4, -0.2) is 14.8 Å². The molecule has 0 saturated heterocycles. The molecule has 90 valence electrons. The Bertz CT molecular complexity index is 559. The van der Waals surface area contributed by atoms with Crippen LogP contribution in [0, 0.1) is 4.77 Å². The standard InChI is InChI=1S/C12H14BrN3S/c1-2-5-11-14-15-12(17)16(11)8-9-6-3-4-7-10(9)13/h3-4,6-7H,2,5,8H2,1H3,(H,15,17). The van der Waals surface area contributed by atoms with E-state index in [-0.39, 0.29) is 0 Å². The molecule has 3 nitrogen and oxygen atoms in total. The second-order valence-electron chi connectivity index (χ2n) is 3.87. The van der Waals surface area contributed by atoms with Gasteiger partial charge in [0.05, 0.1) is 6.54 Å². The zero-order chi connectivity index (χ0) is 12.3. The van der Waals surface area contributed by atoms with Crippen LogP contribution in [0.4, 0.5) is 0 Å². The number of nitrogens with zero attached hydrogens (tertiary/aromatic N) is 2. The van der Waals surface area contributed by atoms with Gasteiger partial charge in [-0.05, 0) is 30.3 Å². The number of halogens is 1. The number of rotatable bonds is 4. The smallest absolute Gasteiger partial charge is 0.195 e. The molecule has 0 saturated carbocycles. The van der Waals surface area contributed by atoms with Crippen molar-refractivity contribution in [3.63, 3.8) is 0 Å². The predicted molar refractivity (Wildman–Crippen MR) is 74.7 cm³/mol. The lowest BCUT2D eigenvalue weighted by Gasteiger charge is -2.07. The maximum atomic E-state index is 5.26. The van der Waals surface area contributed by atoms with Crippen molar-refractivity contribution in [1.82, 2.24) is 14.8 Å². The van der Waals surface area contributed by atoms with Gasteiger partial charge < -0.3 is 0 Å². The highest BCUT2D eigenvalue weighted by atomic mass is 79.9. The third-order valence-electron chi connectivity index (χ3n) is 2.60. The number of hydrogen-bond acceptors (Lipinski definition) is 2. The fraction of sp³-hybridized carbons (Fsp3) is 0.333. The van der Waals surface area contributed by atoms with Crippen LogP contribution in [0.25, 0.3) is 0 Å². The van der Waals surface area contributed by atoms with Gasteiger partial charge in [-0.2, -0.15) is 5.10 Å².